The summed E-state index contributed by atoms with van der Waals surface area (Å²) < 4.78 is 36.0. The van der Waals surface area contributed by atoms with Crippen LogP contribution in [0.15, 0.2) is 65.8 Å². The molecule has 2 aromatic carbocycles. The van der Waals surface area contributed by atoms with Gasteiger partial charge in [-0.2, -0.15) is 10.1 Å². The predicted molar refractivity (Wildman–Crippen MR) is 147 cm³/mol. The quantitative estimate of drug-likeness (QED) is 0.361. The second kappa shape index (κ2) is 10.5. The third-order valence-electron chi connectivity index (χ3n) is 6.95. The van der Waals surface area contributed by atoms with Crippen LogP contribution in [-0.2, 0) is 17.1 Å². The highest BCUT2D eigenvalue weighted by molar-refractivity contribution is 7.92. The van der Waals surface area contributed by atoms with Gasteiger partial charge < -0.3 is 9.64 Å². The van der Waals surface area contributed by atoms with Crippen LogP contribution in [0.25, 0.3) is 11.3 Å². The number of sulfonamides is 1. The van der Waals surface area contributed by atoms with Gasteiger partial charge in [0.2, 0.25) is 11.8 Å². The minimum atomic E-state index is -3.94. The van der Waals surface area contributed by atoms with Crippen LogP contribution in [0.4, 0.5) is 5.95 Å². The molecule has 198 valence electrons. The fraction of sp³-hybridized carbons (Fsp3) is 0.321. The number of nitrogens with zero attached hydrogens (tertiary/aromatic N) is 5. The molecule has 9 nitrogen and oxygen atoms in total. The Balaban J connectivity index is 1.47. The first-order valence-electron chi connectivity index (χ1n) is 12.6. The molecule has 38 heavy (non-hydrogen) atoms. The molecule has 1 fully saturated rings. The van der Waals surface area contributed by atoms with Crippen molar-refractivity contribution in [1.82, 2.24) is 24.6 Å². The van der Waals surface area contributed by atoms with Gasteiger partial charge in [-0.05, 0) is 81.6 Å². The highest BCUT2D eigenvalue weighted by Crippen LogP contribution is 2.33. The van der Waals surface area contributed by atoms with Gasteiger partial charge in [0, 0.05) is 24.9 Å². The van der Waals surface area contributed by atoms with Crippen LogP contribution in [0.5, 0.6) is 11.6 Å². The number of benzene rings is 2. The van der Waals surface area contributed by atoms with E-state index in [4.69, 9.17) is 4.74 Å². The Hall–Kier alpha value is -3.76. The molecule has 1 saturated heterocycles. The fourth-order valence-corrected chi connectivity index (χ4v) is 5.78. The number of hydrogen-bond acceptors (Lipinski definition) is 7. The highest BCUT2D eigenvalue weighted by atomic mass is 32.2. The summed E-state index contributed by atoms with van der Waals surface area (Å²) in [7, 11) is -0.127. The molecule has 0 spiro atoms. The van der Waals surface area contributed by atoms with Crippen molar-refractivity contribution in [1.29, 1.82) is 0 Å². The monoisotopic (exact) mass is 532 g/mol. The average molecular weight is 533 g/mol. The molecule has 3 heterocycles. The maximum absolute atomic E-state index is 13.0. The third kappa shape index (κ3) is 5.71. The Morgan fingerprint density at radius 3 is 2.29 bits per heavy atom. The number of hydrogen-bond donors (Lipinski definition) is 1. The van der Waals surface area contributed by atoms with Gasteiger partial charge >= 0.3 is 0 Å². The summed E-state index contributed by atoms with van der Waals surface area (Å²) in [6, 6.07) is 15.8. The van der Waals surface area contributed by atoms with Gasteiger partial charge in [0.15, 0.2) is 0 Å². The Labute approximate surface area is 223 Å². The summed E-state index contributed by atoms with van der Waals surface area (Å²) in [6.45, 7) is 6.18. The molecule has 0 aliphatic carbocycles. The van der Waals surface area contributed by atoms with Crippen LogP contribution >= 0.6 is 0 Å². The Morgan fingerprint density at radius 2 is 1.66 bits per heavy atom. The zero-order chi connectivity index (χ0) is 26.9. The molecule has 4 aromatic rings. The van der Waals surface area contributed by atoms with Crippen molar-refractivity contribution in [3.05, 3.63) is 77.6 Å². The standard InChI is InChI=1S/C28H32N6O3S/c1-19-6-5-7-20(2)27(19)25-16-26(31-28(30-25)32-38(35,36)24-17-29-34(4)18-24)37-23-10-8-21(9-11-23)22-12-14-33(3)15-13-22/h5-11,16-18,22H,12-15H2,1-4H3,(H,30,31,32). The van der Waals surface area contributed by atoms with E-state index < -0.39 is 10.0 Å². The van der Waals surface area contributed by atoms with Crippen molar-refractivity contribution < 1.29 is 13.2 Å². The van der Waals surface area contributed by atoms with E-state index in [1.54, 1.807) is 13.1 Å². The van der Waals surface area contributed by atoms with Gasteiger partial charge in [-0.3, -0.25) is 4.68 Å². The molecule has 0 unspecified atom stereocenters. The fourth-order valence-electron chi connectivity index (χ4n) is 4.86. The van der Waals surface area contributed by atoms with Gasteiger partial charge in [0.05, 0.1) is 11.9 Å². The minimum absolute atomic E-state index is 0.0213. The molecule has 1 aliphatic rings. The van der Waals surface area contributed by atoms with E-state index in [9.17, 15) is 8.42 Å². The highest BCUT2D eigenvalue weighted by Gasteiger charge is 2.21. The van der Waals surface area contributed by atoms with Gasteiger partial charge in [0.1, 0.15) is 10.6 Å². The normalized spacial score (nSPS) is 14.9. The molecule has 0 saturated carbocycles. The molecule has 0 bridgehead atoms. The Morgan fingerprint density at radius 1 is 0.974 bits per heavy atom. The van der Waals surface area contributed by atoms with E-state index in [2.05, 4.69) is 43.9 Å². The van der Waals surface area contributed by atoms with Crippen LogP contribution in [0.3, 0.4) is 0 Å². The first-order valence-corrected chi connectivity index (χ1v) is 14.1. The zero-order valence-electron chi connectivity index (χ0n) is 22.0. The van der Waals surface area contributed by atoms with E-state index >= 15 is 0 Å². The van der Waals surface area contributed by atoms with Gasteiger partial charge in [-0.1, -0.05) is 30.3 Å². The second-order valence-electron chi connectivity index (χ2n) is 9.89. The second-order valence-corrected chi connectivity index (χ2v) is 11.6. The molecule has 5 rings (SSSR count). The summed E-state index contributed by atoms with van der Waals surface area (Å²) in [5.41, 5.74) is 4.79. The number of rotatable bonds is 7. The molecular formula is C28H32N6O3S. The van der Waals surface area contributed by atoms with Crippen LogP contribution in [0, 0.1) is 13.8 Å². The van der Waals surface area contributed by atoms with Gasteiger partial charge in [-0.15, -0.1) is 0 Å². The van der Waals surface area contributed by atoms with E-state index in [1.165, 1.54) is 22.6 Å². The number of aryl methyl sites for hydroxylation is 3. The molecule has 0 radical (unpaired) electrons. The summed E-state index contributed by atoms with van der Waals surface area (Å²) in [5.74, 6) is 1.33. The lowest BCUT2D eigenvalue weighted by molar-refractivity contribution is 0.255. The van der Waals surface area contributed by atoms with E-state index in [-0.39, 0.29) is 16.7 Å². The number of nitrogens with one attached hydrogen (secondary N) is 1. The summed E-state index contributed by atoms with van der Waals surface area (Å²) >= 11 is 0. The SMILES string of the molecule is Cc1cccc(C)c1-c1cc(Oc2ccc(C3CCN(C)CC3)cc2)nc(NS(=O)(=O)c2cnn(C)c2)n1. The van der Waals surface area contributed by atoms with E-state index in [1.807, 2.05) is 44.2 Å². The van der Waals surface area contributed by atoms with Crippen molar-refractivity contribution in [3.63, 3.8) is 0 Å². The van der Waals surface area contributed by atoms with E-state index in [0.29, 0.717) is 17.4 Å². The number of anilines is 1. The first-order chi connectivity index (χ1) is 18.2. The van der Waals surface area contributed by atoms with E-state index in [0.717, 1.165) is 42.6 Å². The van der Waals surface area contributed by atoms with Crippen LogP contribution in [-0.4, -0.2) is 53.2 Å². The summed E-state index contributed by atoms with van der Waals surface area (Å²) in [5, 5.41) is 3.96. The van der Waals surface area contributed by atoms with Crippen molar-refractivity contribution in [3.8, 4) is 22.9 Å². The van der Waals surface area contributed by atoms with Crippen LogP contribution in [0.1, 0.15) is 35.4 Å². The maximum atomic E-state index is 13.0. The Kier molecular flexibility index (Phi) is 7.18. The van der Waals surface area contributed by atoms with Gasteiger partial charge in [0.25, 0.3) is 10.0 Å². The lowest BCUT2D eigenvalue weighted by atomic mass is 9.90. The van der Waals surface area contributed by atoms with Gasteiger partial charge in [-0.25, -0.2) is 18.1 Å². The number of likely N-dealkylation sites (tertiary alicyclic amines) is 1. The third-order valence-corrected chi connectivity index (χ3v) is 8.23. The Bertz CT molecular complexity index is 1520. The first kappa shape index (κ1) is 25.9. The minimum Gasteiger partial charge on any atom is -0.439 e. The molecule has 10 heteroatoms. The van der Waals surface area contributed by atoms with Crippen molar-refractivity contribution in [2.24, 2.45) is 7.05 Å². The molecule has 2 aromatic heterocycles. The molecule has 1 N–H and O–H groups in total. The number of piperidine rings is 1. The topological polar surface area (TPSA) is 102 Å². The molecule has 0 amide bonds. The van der Waals surface area contributed by atoms with Crippen LogP contribution in [0.2, 0.25) is 0 Å². The largest absolute Gasteiger partial charge is 0.439 e. The van der Waals surface area contributed by atoms with Crippen molar-refractivity contribution in [2.45, 2.75) is 37.5 Å². The number of aromatic nitrogens is 4. The molecule has 1 aliphatic heterocycles. The smallest absolute Gasteiger partial charge is 0.267 e. The summed E-state index contributed by atoms with van der Waals surface area (Å²) in [4.78, 5) is 11.3. The predicted octanol–water partition coefficient (Wildman–Crippen LogP) is 4.90. The average Bonchev–Trinajstić information content (AvgIpc) is 3.32. The maximum Gasteiger partial charge on any atom is 0.267 e. The molecular weight excluding hydrogens is 500 g/mol. The lowest BCUT2D eigenvalue weighted by Crippen LogP contribution is -2.29. The summed E-state index contributed by atoms with van der Waals surface area (Å²) in [6.07, 6.45) is 4.98. The number of ether oxygens (including phenoxy) is 1. The van der Waals surface area contributed by atoms with Crippen molar-refractivity contribution >= 4 is 16.0 Å². The molecule has 0 atom stereocenters. The zero-order valence-corrected chi connectivity index (χ0v) is 22.9. The van der Waals surface area contributed by atoms with Crippen LogP contribution < -0.4 is 9.46 Å². The lowest BCUT2D eigenvalue weighted by Gasteiger charge is -2.29. The van der Waals surface area contributed by atoms with Crippen molar-refractivity contribution in [2.75, 3.05) is 24.9 Å².